The lowest BCUT2D eigenvalue weighted by molar-refractivity contribution is 0.414. The van der Waals surface area contributed by atoms with Crippen molar-refractivity contribution in [3.8, 4) is 5.75 Å². The summed E-state index contributed by atoms with van der Waals surface area (Å²) < 4.78 is 7.02. The molecule has 1 aromatic carbocycles. The Morgan fingerprint density at radius 1 is 1.20 bits per heavy atom. The minimum atomic E-state index is 0.174. The molecule has 20 heavy (non-hydrogen) atoms. The maximum absolute atomic E-state index is 5.18. The van der Waals surface area contributed by atoms with Gasteiger partial charge in [0.2, 0.25) is 0 Å². The molecule has 3 rings (SSSR count). The van der Waals surface area contributed by atoms with Crippen LogP contribution >= 0.6 is 0 Å². The van der Waals surface area contributed by atoms with E-state index in [9.17, 15) is 0 Å². The summed E-state index contributed by atoms with van der Waals surface area (Å²) in [6.45, 7) is 1.91. The van der Waals surface area contributed by atoms with E-state index < -0.39 is 0 Å². The van der Waals surface area contributed by atoms with Crippen LogP contribution in [0.3, 0.4) is 0 Å². The highest BCUT2D eigenvalue weighted by molar-refractivity contribution is 5.29. The number of nitrogens with zero attached hydrogens (tertiary/aromatic N) is 3. The van der Waals surface area contributed by atoms with Gasteiger partial charge in [-0.2, -0.15) is 5.10 Å². The van der Waals surface area contributed by atoms with E-state index in [0.29, 0.717) is 0 Å². The number of aryl methyl sites for hydroxylation is 2. The summed E-state index contributed by atoms with van der Waals surface area (Å²) in [7, 11) is 3.61. The highest BCUT2D eigenvalue weighted by Gasteiger charge is 2.29. The van der Waals surface area contributed by atoms with Gasteiger partial charge in [-0.25, -0.2) is 15.8 Å². The molecule has 2 atom stereocenters. The summed E-state index contributed by atoms with van der Waals surface area (Å²) in [6.07, 6.45) is 0.943. The Morgan fingerprint density at radius 3 is 2.50 bits per heavy atom. The molecular formula is C14H19N5O. The maximum atomic E-state index is 5.18. The summed E-state index contributed by atoms with van der Waals surface area (Å²) in [5, 5.41) is 4.30. The molecule has 1 aliphatic heterocycles. The van der Waals surface area contributed by atoms with Crippen molar-refractivity contribution in [2.45, 2.75) is 25.4 Å². The van der Waals surface area contributed by atoms with Crippen LogP contribution in [0.25, 0.3) is 0 Å². The van der Waals surface area contributed by atoms with Crippen molar-refractivity contribution in [2.75, 3.05) is 7.11 Å². The van der Waals surface area contributed by atoms with Crippen molar-refractivity contribution in [1.29, 1.82) is 0 Å². The lowest BCUT2D eigenvalue weighted by atomic mass is 10.0. The normalized spacial score (nSPS) is 22.1. The zero-order valence-corrected chi connectivity index (χ0v) is 11.9. The van der Waals surface area contributed by atoms with Crippen LogP contribution in [0.1, 0.15) is 35.7 Å². The average Bonchev–Trinajstić information content (AvgIpc) is 3.05. The monoisotopic (exact) mass is 273 g/mol. The van der Waals surface area contributed by atoms with Crippen LogP contribution in [0.5, 0.6) is 5.75 Å². The first-order valence-corrected chi connectivity index (χ1v) is 6.70. The third kappa shape index (κ3) is 2.39. The van der Waals surface area contributed by atoms with E-state index in [2.05, 4.69) is 33.1 Å². The summed E-state index contributed by atoms with van der Waals surface area (Å²) in [6, 6.07) is 8.58. The van der Waals surface area contributed by atoms with Crippen molar-refractivity contribution in [2.24, 2.45) is 7.05 Å². The number of hydrogen-bond acceptors (Lipinski definition) is 5. The van der Waals surface area contributed by atoms with Crippen LogP contribution in [0.15, 0.2) is 24.3 Å². The van der Waals surface area contributed by atoms with Crippen molar-refractivity contribution >= 4 is 0 Å². The first-order chi connectivity index (χ1) is 9.67. The van der Waals surface area contributed by atoms with Gasteiger partial charge in [0, 0.05) is 13.1 Å². The van der Waals surface area contributed by atoms with Crippen LogP contribution in [0.2, 0.25) is 0 Å². The van der Waals surface area contributed by atoms with E-state index in [1.807, 2.05) is 30.8 Å². The maximum Gasteiger partial charge on any atom is 0.147 e. The third-order valence-electron chi connectivity index (χ3n) is 3.64. The molecule has 0 amide bonds. The Hall–Kier alpha value is -1.92. The van der Waals surface area contributed by atoms with Crippen LogP contribution in [0.4, 0.5) is 0 Å². The van der Waals surface area contributed by atoms with Crippen LogP contribution in [-0.4, -0.2) is 21.9 Å². The van der Waals surface area contributed by atoms with Crippen LogP contribution in [0, 0.1) is 6.92 Å². The summed E-state index contributed by atoms with van der Waals surface area (Å²) in [4.78, 5) is 4.48. The fourth-order valence-electron chi connectivity index (χ4n) is 2.61. The predicted molar refractivity (Wildman–Crippen MR) is 75.1 cm³/mol. The first-order valence-electron chi connectivity index (χ1n) is 6.70. The molecular weight excluding hydrogens is 254 g/mol. The molecule has 2 N–H and O–H groups in total. The number of benzene rings is 1. The van der Waals surface area contributed by atoms with Crippen LogP contribution in [-0.2, 0) is 7.05 Å². The number of ether oxygens (including phenoxy) is 1. The topological polar surface area (TPSA) is 64.0 Å². The van der Waals surface area contributed by atoms with E-state index in [1.165, 1.54) is 5.56 Å². The summed E-state index contributed by atoms with van der Waals surface area (Å²) >= 11 is 0. The molecule has 1 aliphatic rings. The molecule has 2 heterocycles. The summed E-state index contributed by atoms with van der Waals surface area (Å²) in [5.41, 5.74) is 7.86. The molecule has 0 saturated carbocycles. The lowest BCUT2D eigenvalue weighted by Crippen LogP contribution is -2.27. The second kappa shape index (κ2) is 5.22. The van der Waals surface area contributed by atoms with Crippen molar-refractivity contribution in [3.63, 3.8) is 0 Å². The fourth-order valence-corrected chi connectivity index (χ4v) is 2.61. The Labute approximate surface area is 118 Å². The van der Waals surface area contributed by atoms with Gasteiger partial charge in [0.15, 0.2) is 0 Å². The van der Waals surface area contributed by atoms with Gasteiger partial charge in [-0.3, -0.25) is 4.68 Å². The fraction of sp³-hybridized carbons (Fsp3) is 0.429. The molecule has 106 valence electrons. The van der Waals surface area contributed by atoms with E-state index in [4.69, 9.17) is 4.74 Å². The smallest absolute Gasteiger partial charge is 0.147 e. The zero-order chi connectivity index (χ0) is 14.1. The number of nitrogens with one attached hydrogen (secondary N) is 2. The second-order valence-electron chi connectivity index (χ2n) is 5.04. The lowest BCUT2D eigenvalue weighted by Gasteiger charge is -2.10. The number of hydrazine groups is 1. The number of rotatable bonds is 3. The van der Waals surface area contributed by atoms with E-state index >= 15 is 0 Å². The number of hydrogen-bond donors (Lipinski definition) is 2. The largest absolute Gasteiger partial charge is 0.497 e. The Morgan fingerprint density at radius 2 is 1.90 bits per heavy atom. The minimum absolute atomic E-state index is 0.174. The average molecular weight is 273 g/mol. The third-order valence-corrected chi connectivity index (χ3v) is 3.64. The standard InChI is InChI=1S/C14H19N5O/c1-9-15-14(19(2)18-9)13-8-12(16-17-13)10-4-6-11(20-3)7-5-10/h4-7,12-13,16-17H,8H2,1-3H3. The van der Waals surface area contributed by atoms with E-state index in [-0.39, 0.29) is 12.1 Å². The Balaban J connectivity index is 1.74. The molecule has 6 nitrogen and oxygen atoms in total. The van der Waals surface area contributed by atoms with E-state index in [1.54, 1.807) is 7.11 Å². The molecule has 0 aliphatic carbocycles. The molecule has 6 heteroatoms. The van der Waals surface area contributed by atoms with Gasteiger partial charge in [0.1, 0.15) is 17.4 Å². The van der Waals surface area contributed by atoms with Gasteiger partial charge in [-0.1, -0.05) is 12.1 Å². The zero-order valence-electron chi connectivity index (χ0n) is 11.9. The molecule has 1 aromatic heterocycles. The van der Waals surface area contributed by atoms with Crippen molar-refractivity contribution < 1.29 is 4.74 Å². The highest BCUT2D eigenvalue weighted by atomic mass is 16.5. The van der Waals surface area contributed by atoms with Gasteiger partial charge in [0.05, 0.1) is 13.2 Å². The minimum Gasteiger partial charge on any atom is -0.497 e. The van der Waals surface area contributed by atoms with Crippen molar-refractivity contribution in [1.82, 2.24) is 25.6 Å². The van der Waals surface area contributed by atoms with Gasteiger partial charge in [-0.05, 0) is 31.0 Å². The Bertz CT molecular complexity index is 592. The first kappa shape index (κ1) is 13.1. The van der Waals surface area contributed by atoms with E-state index in [0.717, 1.165) is 23.8 Å². The summed E-state index contributed by atoms with van der Waals surface area (Å²) in [5.74, 6) is 2.64. The highest BCUT2D eigenvalue weighted by Crippen LogP contribution is 2.30. The molecule has 1 saturated heterocycles. The molecule has 0 spiro atoms. The Kier molecular flexibility index (Phi) is 3.42. The second-order valence-corrected chi connectivity index (χ2v) is 5.04. The molecule has 2 unspecified atom stereocenters. The molecule has 2 aromatic rings. The van der Waals surface area contributed by atoms with Crippen LogP contribution < -0.4 is 15.6 Å². The quantitative estimate of drug-likeness (QED) is 0.885. The number of aromatic nitrogens is 3. The van der Waals surface area contributed by atoms with Gasteiger partial charge in [-0.15, -0.1) is 0 Å². The molecule has 1 fully saturated rings. The molecule has 0 bridgehead atoms. The molecule has 0 radical (unpaired) electrons. The van der Waals surface area contributed by atoms with Crippen molar-refractivity contribution in [3.05, 3.63) is 41.5 Å². The van der Waals surface area contributed by atoms with Gasteiger partial charge < -0.3 is 4.74 Å². The SMILES string of the molecule is COc1ccc(C2CC(c3nc(C)nn3C)NN2)cc1. The number of methoxy groups -OCH3 is 1. The van der Waals surface area contributed by atoms with Gasteiger partial charge in [0.25, 0.3) is 0 Å². The van der Waals surface area contributed by atoms with Gasteiger partial charge >= 0.3 is 0 Å². The predicted octanol–water partition coefficient (Wildman–Crippen LogP) is 1.41.